The Morgan fingerprint density at radius 3 is 2.80 bits per heavy atom. The summed E-state index contributed by atoms with van der Waals surface area (Å²) in [5.41, 5.74) is 0.424. The Kier molecular flexibility index (Phi) is 3.45. The van der Waals surface area contributed by atoms with Gasteiger partial charge in [0.15, 0.2) is 0 Å². The molecule has 0 aromatic carbocycles. The quantitative estimate of drug-likeness (QED) is 0.777. The monoisotopic (exact) mass is 220 g/mol. The van der Waals surface area contributed by atoms with Gasteiger partial charge in [0.2, 0.25) is 0 Å². The molecule has 1 aromatic rings. The maximum absolute atomic E-state index is 8.64. The van der Waals surface area contributed by atoms with Crippen molar-refractivity contribution < 1.29 is 5.11 Å². The van der Waals surface area contributed by atoms with E-state index in [1.54, 1.807) is 0 Å². The molecule has 1 fully saturated rings. The minimum absolute atomic E-state index is 0.00488. The molecule has 2 heteroatoms. The van der Waals surface area contributed by atoms with Crippen LogP contribution in [-0.4, -0.2) is 11.7 Å². The molecular weight excluding hydrogens is 204 g/mol. The van der Waals surface area contributed by atoms with E-state index in [4.69, 9.17) is 5.11 Å². The maximum atomic E-state index is 8.64. The van der Waals surface area contributed by atoms with Gasteiger partial charge < -0.3 is 5.11 Å². The fourth-order valence-corrected chi connectivity index (χ4v) is 3.06. The predicted octanol–water partition coefficient (Wildman–Crippen LogP) is 2.85. The van der Waals surface area contributed by atoms with Gasteiger partial charge in [-0.2, -0.15) is 0 Å². The van der Waals surface area contributed by atoms with Crippen LogP contribution in [0.4, 0.5) is 0 Å². The number of aliphatic hydroxyl groups excluding tert-OH is 1. The first kappa shape index (κ1) is 10.7. The first-order valence-corrected chi connectivity index (χ1v) is 6.32. The Labute approximate surface area is 95.1 Å². The molecule has 0 unspecified atom stereocenters. The van der Waals surface area contributed by atoms with Gasteiger partial charge in [-0.3, -0.25) is 0 Å². The van der Waals surface area contributed by atoms with Crippen molar-refractivity contribution in [1.82, 2.24) is 0 Å². The molecule has 0 bridgehead atoms. The molecule has 80 valence electrons. The minimum Gasteiger partial charge on any atom is -0.384 e. The number of rotatable bonds is 3. The van der Waals surface area contributed by atoms with Crippen molar-refractivity contribution in [2.45, 2.75) is 32.1 Å². The Morgan fingerprint density at radius 1 is 1.40 bits per heavy atom. The normalized spacial score (nSPS) is 17.7. The van der Waals surface area contributed by atoms with Crippen LogP contribution in [-0.2, 0) is 6.42 Å². The van der Waals surface area contributed by atoms with Crippen molar-refractivity contribution in [3.8, 4) is 11.8 Å². The third kappa shape index (κ3) is 2.62. The number of aliphatic hydroxyl groups is 1. The standard InChI is InChI=1S/C13H16OS/c14-9-2-1-6-13(7-4-8-13)11-12-5-3-10-15-12/h3,5,10,14H,4,6-9,11H2. The van der Waals surface area contributed by atoms with Crippen molar-refractivity contribution in [3.05, 3.63) is 22.4 Å². The Balaban J connectivity index is 1.96. The minimum atomic E-state index is -0.00488. The molecule has 1 saturated carbocycles. The Bertz CT molecular complexity index is 352. The number of hydrogen-bond donors (Lipinski definition) is 1. The highest BCUT2D eigenvalue weighted by Crippen LogP contribution is 2.46. The topological polar surface area (TPSA) is 20.2 Å². The lowest BCUT2D eigenvalue weighted by Gasteiger charge is -2.40. The molecule has 0 radical (unpaired) electrons. The second kappa shape index (κ2) is 4.83. The van der Waals surface area contributed by atoms with Crippen LogP contribution >= 0.6 is 11.3 Å². The molecular formula is C13H16OS. The highest BCUT2D eigenvalue weighted by atomic mass is 32.1. The van der Waals surface area contributed by atoms with Crippen LogP contribution in [0.2, 0.25) is 0 Å². The molecule has 0 amide bonds. The van der Waals surface area contributed by atoms with Crippen LogP contribution in [0.1, 0.15) is 30.6 Å². The Morgan fingerprint density at radius 2 is 2.27 bits per heavy atom. The second-order valence-electron chi connectivity index (χ2n) is 4.30. The zero-order valence-electron chi connectivity index (χ0n) is 8.83. The molecule has 0 saturated heterocycles. The lowest BCUT2D eigenvalue weighted by Crippen LogP contribution is -2.31. The average Bonchev–Trinajstić information content (AvgIpc) is 2.66. The van der Waals surface area contributed by atoms with Crippen LogP contribution in [0.25, 0.3) is 0 Å². The highest BCUT2D eigenvalue weighted by molar-refractivity contribution is 7.09. The van der Waals surface area contributed by atoms with Crippen LogP contribution < -0.4 is 0 Å². The maximum Gasteiger partial charge on any atom is 0.104 e. The second-order valence-corrected chi connectivity index (χ2v) is 5.33. The van der Waals surface area contributed by atoms with Gasteiger partial charge in [-0.15, -0.1) is 17.3 Å². The molecule has 0 atom stereocenters. The van der Waals surface area contributed by atoms with Crippen molar-refractivity contribution >= 4 is 11.3 Å². The third-order valence-corrected chi connectivity index (χ3v) is 4.09. The first-order valence-electron chi connectivity index (χ1n) is 5.44. The summed E-state index contributed by atoms with van der Waals surface area (Å²) < 4.78 is 0. The molecule has 1 nitrogen and oxygen atoms in total. The molecule has 2 rings (SSSR count). The van der Waals surface area contributed by atoms with Gasteiger partial charge in [0.1, 0.15) is 6.61 Å². The first-order chi connectivity index (χ1) is 7.35. The zero-order chi connectivity index (χ0) is 10.6. The molecule has 1 aliphatic rings. The van der Waals surface area contributed by atoms with E-state index in [9.17, 15) is 0 Å². The Hall–Kier alpha value is -0.780. The number of hydrogen-bond acceptors (Lipinski definition) is 2. The van der Waals surface area contributed by atoms with E-state index in [2.05, 4.69) is 29.4 Å². The van der Waals surface area contributed by atoms with Gasteiger partial charge in [-0.25, -0.2) is 0 Å². The SMILES string of the molecule is OCC#CCC1(Cc2cccs2)CCC1. The predicted molar refractivity (Wildman–Crippen MR) is 63.8 cm³/mol. The summed E-state index contributed by atoms with van der Waals surface area (Å²) in [5, 5.41) is 10.8. The van der Waals surface area contributed by atoms with Gasteiger partial charge in [0.25, 0.3) is 0 Å². The van der Waals surface area contributed by atoms with Gasteiger partial charge in [-0.1, -0.05) is 18.4 Å². The van der Waals surface area contributed by atoms with Crippen LogP contribution in [0.15, 0.2) is 17.5 Å². The molecule has 1 aliphatic carbocycles. The lowest BCUT2D eigenvalue weighted by molar-refractivity contribution is 0.142. The van der Waals surface area contributed by atoms with Crippen molar-refractivity contribution in [1.29, 1.82) is 0 Å². The third-order valence-electron chi connectivity index (χ3n) is 3.21. The van der Waals surface area contributed by atoms with Crippen LogP contribution in [0.5, 0.6) is 0 Å². The van der Waals surface area contributed by atoms with E-state index in [0.717, 1.165) is 6.42 Å². The molecule has 15 heavy (non-hydrogen) atoms. The summed E-state index contributed by atoms with van der Waals surface area (Å²) in [6.07, 6.45) is 6.05. The van der Waals surface area contributed by atoms with Gasteiger partial charge in [0.05, 0.1) is 0 Å². The summed E-state index contributed by atoms with van der Waals surface area (Å²) in [5.74, 6) is 5.86. The summed E-state index contributed by atoms with van der Waals surface area (Å²) in [7, 11) is 0. The molecule has 1 aromatic heterocycles. The van der Waals surface area contributed by atoms with Crippen molar-refractivity contribution in [2.24, 2.45) is 5.41 Å². The summed E-state index contributed by atoms with van der Waals surface area (Å²) in [6.45, 7) is -0.00488. The van der Waals surface area contributed by atoms with Crippen LogP contribution in [0.3, 0.4) is 0 Å². The molecule has 1 heterocycles. The molecule has 0 aliphatic heterocycles. The van der Waals surface area contributed by atoms with E-state index in [-0.39, 0.29) is 6.61 Å². The summed E-state index contributed by atoms with van der Waals surface area (Å²) >= 11 is 1.84. The fourth-order valence-electron chi connectivity index (χ4n) is 2.18. The highest BCUT2D eigenvalue weighted by Gasteiger charge is 2.36. The largest absolute Gasteiger partial charge is 0.384 e. The van der Waals surface area contributed by atoms with E-state index in [1.807, 2.05) is 11.3 Å². The summed E-state index contributed by atoms with van der Waals surface area (Å²) in [6, 6.07) is 4.33. The smallest absolute Gasteiger partial charge is 0.104 e. The van der Waals surface area contributed by atoms with Gasteiger partial charge >= 0.3 is 0 Å². The van der Waals surface area contributed by atoms with E-state index < -0.39 is 0 Å². The van der Waals surface area contributed by atoms with Gasteiger partial charge in [-0.05, 0) is 36.1 Å². The average molecular weight is 220 g/mol. The van der Waals surface area contributed by atoms with E-state index in [0.29, 0.717) is 5.41 Å². The van der Waals surface area contributed by atoms with Crippen molar-refractivity contribution in [2.75, 3.05) is 6.61 Å². The summed E-state index contributed by atoms with van der Waals surface area (Å²) in [4.78, 5) is 1.47. The lowest BCUT2D eigenvalue weighted by atomic mass is 9.64. The van der Waals surface area contributed by atoms with E-state index >= 15 is 0 Å². The van der Waals surface area contributed by atoms with Gasteiger partial charge in [0, 0.05) is 11.3 Å². The zero-order valence-corrected chi connectivity index (χ0v) is 9.65. The number of thiophene rings is 1. The fraction of sp³-hybridized carbons (Fsp3) is 0.538. The molecule has 0 spiro atoms. The van der Waals surface area contributed by atoms with E-state index in [1.165, 1.54) is 30.6 Å². The van der Waals surface area contributed by atoms with Crippen molar-refractivity contribution in [3.63, 3.8) is 0 Å². The molecule has 1 N–H and O–H groups in total. The van der Waals surface area contributed by atoms with Crippen LogP contribution in [0, 0.1) is 17.3 Å².